The molecule has 0 radical (unpaired) electrons. The number of hydrogen-bond acceptors (Lipinski definition) is 3. The second-order valence-electron chi connectivity index (χ2n) is 4.19. The molecule has 2 N–H and O–H groups in total. The number of aryl methyl sites for hydroxylation is 1. The molecule has 0 saturated heterocycles. The largest absolute Gasteiger partial charge is 0.397 e. The molecule has 0 heterocycles. The Bertz CT molecular complexity index is 689. The SMILES string of the molecule is CCc1cc(C#N)c(N)c(C#N)c1-c1ccccc1. The third-order valence-corrected chi connectivity index (χ3v) is 3.12. The quantitative estimate of drug-likeness (QED) is 0.828. The lowest BCUT2D eigenvalue weighted by Gasteiger charge is -2.13. The summed E-state index contributed by atoms with van der Waals surface area (Å²) >= 11 is 0. The molecule has 2 aromatic rings. The molecule has 0 fully saturated rings. The zero-order valence-corrected chi connectivity index (χ0v) is 10.6. The van der Waals surface area contributed by atoms with E-state index >= 15 is 0 Å². The van der Waals surface area contributed by atoms with E-state index in [0.717, 1.165) is 23.1 Å². The van der Waals surface area contributed by atoms with E-state index in [-0.39, 0.29) is 5.69 Å². The fraction of sp³-hybridized carbons (Fsp3) is 0.125. The van der Waals surface area contributed by atoms with Crippen LogP contribution >= 0.6 is 0 Å². The first-order valence-electron chi connectivity index (χ1n) is 6.03. The molecule has 0 aliphatic heterocycles. The van der Waals surface area contributed by atoms with Crippen molar-refractivity contribution < 1.29 is 0 Å². The van der Waals surface area contributed by atoms with Crippen LogP contribution in [0.3, 0.4) is 0 Å². The fourth-order valence-electron chi connectivity index (χ4n) is 2.18. The Balaban J connectivity index is 2.84. The number of nitriles is 2. The first kappa shape index (κ1) is 12.7. The lowest BCUT2D eigenvalue weighted by molar-refractivity contribution is 1.14. The smallest absolute Gasteiger partial charge is 0.102 e. The second kappa shape index (κ2) is 5.25. The molecule has 0 aromatic heterocycles. The van der Waals surface area contributed by atoms with Crippen molar-refractivity contribution in [3.63, 3.8) is 0 Å². The molecular formula is C16H13N3. The Kier molecular flexibility index (Phi) is 3.50. The van der Waals surface area contributed by atoms with Crippen LogP contribution in [0.5, 0.6) is 0 Å². The lowest BCUT2D eigenvalue weighted by atomic mass is 9.90. The highest BCUT2D eigenvalue weighted by Crippen LogP contribution is 2.33. The van der Waals surface area contributed by atoms with Gasteiger partial charge >= 0.3 is 0 Å². The minimum Gasteiger partial charge on any atom is -0.397 e. The Morgan fingerprint density at radius 3 is 2.32 bits per heavy atom. The average Bonchev–Trinajstić information content (AvgIpc) is 2.47. The number of benzene rings is 2. The monoisotopic (exact) mass is 247 g/mol. The maximum absolute atomic E-state index is 9.36. The van der Waals surface area contributed by atoms with E-state index < -0.39 is 0 Å². The van der Waals surface area contributed by atoms with Crippen LogP contribution in [0.2, 0.25) is 0 Å². The van der Waals surface area contributed by atoms with Crippen LogP contribution in [-0.4, -0.2) is 0 Å². The van der Waals surface area contributed by atoms with Crippen molar-refractivity contribution in [2.24, 2.45) is 0 Å². The molecule has 0 unspecified atom stereocenters. The molecule has 0 bridgehead atoms. The second-order valence-corrected chi connectivity index (χ2v) is 4.19. The van der Waals surface area contributed by atoms with E-state index in [1.807, 2.05) is 43.3 Å². The summed E-state index contributed by atoms with van der Waals surface area (Å²) in [6.45, 7) is 2.00. The van der Waals surface area contributed by atoms with Gasteiger partial charge in [-0.2, -0.15) is 10.5 Å². The van der Waals surface area contributed by atoms with Crippen LogP contribution in [0.25, 0.3) is 11.1 Å². The van der Waals surface area contributed by atoms with Crippen molar-refractivity contribution in [2.45, 2.75) is 13.3 Å². The summed E-state index contributed by atoms with van der Waals surface area (Å²) in [5.41, 5.74) is 9.70. The van der Waals surface area contributed by atoms with E-state index in [4.69, 9.17) is 11.0 Å². The Hall–Kier alpha value is -2.78. The van der Waals surface area contributed by atoms with Gasteiger partial charge in [0.15, 0.2) is 0 Å². The molecule has 2 rings (SSSR count). The summed E-state index contributed by atoms with van der Waals surface area (Å²) in [4.78, 5) is 0. The van der Waals surface area contributed by atoms with Crippen molar-refractivity contribution in [2.75, 3.05) is 5.73 Å². The van der Waals surface area contributed by atoms with Crippen molar-refractivity contribution in [1.29, 1.82) is 10.5 Å². The minimum absolute atomic E-state index is 0.265. The standard InChI is InChI=1S/C16H13N3/c1-2-11-8-13(9-17)16(19)14(10-18)15(11)12-6-4-3-5-7-12/h3-8H,2,19H2,1H3. The molecule has 0 atom stereocenters. The Labute approximate surface area is 112 Å². The van der Waals surface area contributed by atoms with Gasteiger partial charge in [-0.05, 0) is 23.6 Å². The van der Waals surface area contributed by atoms with Gasteiger partial charge in [-0.15, -0.1) is 0 Å². The first-order valence-corrected chi connectivity index (χ1v) is 6.03. The zero-order chi connectivity index (χ0) is 13.8. The van der Waals surface area contributed by atoms with Crippen LogP contribution < -0.4 is 5.73 Å². The average molecular weight is 247 g/mol. The predicted octanol–water partition coefficient (Wildman–Crippen LogP) is 3.24. The molecule has 19 heavy (non-hydrogen) atoms. The molecule has 0 saturated carbocycles. The molecule has 2 aromatic carbocycles. The van der Waals surface area contributed by atoms with Gasteiger partial charge in [0, 0.05) is 5.56 Å². The van der Waals surface area contributed by atoms with Crippen LogP contribution in [0.15, 0.2) is 36.4 Å². The number of nitrogens with zero attached hydrogens (tertiary/aromatic N) is 2. The summed E-state index contributed by atoms with van der Waals surface area (Å²) in [5.74, 6) is 0. The van der Waals surface area contributed by atoms with Crippen LogP contribution in [-0.2, 0) is 6.42 Å². The summed E-state index contributed by atoms with van der Waals surface area (Å²) in [6, 6.07) is 15.6. The number of hydrogen-bond donors (Lipinski definition) is 1. The van der Waals surface area contributed by atoms with E-state index in [0.29, 0.717) is 11.1 Å². The summed E-state index contributed by atoms with van der Waals surface area (Å²) in [5, 5.41) is 18.4. The molecule has 0 spiro atoms. The first-order chi connectivity index (χ1) is 9.22. The van der Waals surface area contributed by atoms with E-state index in [1.54, 1.807) is 6.07 Å². The third kappa shape index (κ3) is 2.14. The zero-order valence-electron chi connectivity index (χ0n) is 10.6. The van der Waals surface area contributed by atoms with Crippen molar-refractivity contribution in [1.82, 2.24) is 0 Å². The number of nitrogen functional groups attached to an aromatic ring is 1. The minimum atomic E-state index is 0.265. The van der Waals surface area contributed by atoms with Crippen LogP contribution in [0.4, 0.5) is 5.69 Å². The van der Waals surface area contributed by atoms with Gasteiger partial charge in [0.1, 0.15) is 12.1 Å². The molecule has 0 amide bonds. The maximum Gasteiger partial charge on any atom is 0.102 e. The highest BCUT2D eigenvalue weighted by Gasteiger charge is 2.16. The third-order valence-electron chi connectivity index (χ3n) is 3.12. The van der Waals surface area contributed by atoms with Gasteiger partial charge in [0.05, 0.1) is 16.8 Å². The van der Waals surface area contributed by atoms with Gasteiger partial charge in [-0.25, -0.2) is 0 Å². The van der Waals surface area contributed by atoms with Crippen molar-refractivity contribution >= 4 is 5.69 Å². The van der Waals surface area contributed by atoms with Crippen LogP contribution in [0.1, 0.15) is 23.6 Å². The van der Waals surface area contributed by atoms with Crippen molar-refractivity contribution in [3.05, 3.63) is 53.1 Å². The normalized spacial score (nSPS) is 9.63. The molecule has 0 aliphatic carbocycles. The molecule has 0 aliphatic rings. The van der Waals surface area contributed by atoms with Gasteiger partial charge in [-0.1, -0.05) is 37.3 Å². The predicted molar refractivity (Wildman–Crippen MR) is 75.1 cm³/mol. The molecular weight excluding hydrogens is 234 g/mol. The van der Waals surface area contributed by atoms with Gasteiger partial charge in [-0.3, -0.25) is 0 Å². The highest BCUT2D eigenvalue weighted by atomic mass is 14.6. The van der Waals surface area contributed by atoms with Crippen molar-refractivity contribution in [3.8, 4) is 23.3 Å². The summed E-state index contributed by atoms with van der Waals surface area (Å²) in [6.07, 6.45) is 0.744. The number of anilines is 1. The molecule has 3 heteroatoms. The van der Waals surface area contributed by atoms with Crippen LogP contribution in [0, 0.1) is 22.7 Å². The molecule has 92 valence electrons. The van der Waals surface area contributed by atoms with E-state index in [9.17, 15) is 5.26 Å². The summed E-state index contributed by atoms with van der Waals surface area (Å²) < 4.78 is 0. The number of rotatable bonds is 2. The molecule has 3 nitrogen and oxygen atoms in total. The topological polar surface area (TPSA) is 73.6 Å². The Morgan fingerprint density at radius 2 is 1.79 bits per heavy atom. The maximum atomic E-state index is 9.36. The van der Waals surface area contributed by atoms with Gasteiger partial charge in [0.25, 0.3) is 0 Å². The fourth-order valence-corrected chi connectivity index (χ4v) is 2.18. The highest BCUT2D eigenvalue weighted by molar-refractivity contribution is 5.82. The Morgan fingerprint density at radius 1 is 1.11 bits per heavy atom. The van der Waals surface area contributed by atoms with E-state index in [2.05, 4.69) is 6.07 Å². The summed E-state index contributed by atoms with van der Waals surface area (Å²) in [7, 11) is 0. The van der Waals surface area contributed by atoms with Gasteiger partial charge < -0.3 is 5.73 Å². The van der Waals surface area contributed by atoms with Gasteiger partial charge in [0.2, 0.25) is 0 Å². The van der Waals surface area contributed by atoms with E-state index in [1.165, 1.54) is 0 Å². The lowest BCUT2D eigenvalue weighted by Crippen LogP contribution is -2.01. The number of nitrogens with two attached hydrogens (primary N) is 1.